The third-order valence-corrected chi connectivity index (χ3v) is 3.59. The van der Waals surface area contributed by atoms with Crippen molar-refractivity contribution >= 4 is 61.6 Å². The molecule has 0 aliphatic heterocycles. The molecule has 0 aliphatic rings. The van der Waals surface area contributed by atoms with Crippen molar-refractivity contribution in [3.05, 3.63) is 57.5 Å². The molecule has 0 heterocycles. The van der Waals surface area contributed by atoms with Crippen molar-refractivity contribution in [2.75, 3.05) is 5.32 Å². The molecule has 19 heavy (non-hydrogen) atoms. The number of para-hydroxylation sites is 2. The normalized spacial score (nSPS) is 10.7. The minimum atomic E-state index is 0. The molecule has 3 N–H and O–H groups in total. The molecular formula is C13H12Br2ClN3. The topological polar surface area (TPSA) is 50.4 Å². The molecule has 100 valence electrons. The molecule has 0 fully saturated rings. The van der Waals surface area contributed by atoms with Crippen molar-refractivity contribution in [1.82, 2.24) is 0 Å². The Balaban J connectivity index is 0.00000180. The Kier molecular flexibility index (Phi) is 6.34. The van der Waals surface area contributed by atoms with Gasteiger partial charge in [-0.25, -0.2) is 4.99 Å². The van der Waals surface area contributed by atoms with Crippen LogP contribution in [-0.4, -0.2) is 5.96 Å². The molecule has 6 heteroatoms. The summed E-state index contributed by atoms with van der Waals surface area (Å²) >= 11 is 6.87. The average Bonchev–Trinajstić information content (AvgIpc) is 2.35. The van der Waals surface area contributed by atoms with E-state index in [0.717, 1.165) is 20.3 Å². The largest absolute Gasteiger partial charge is 0.369 e. The number of aliphatic imine (C=N–C) groups is 1. The van der Waals surface area contributed by atoms with E-state index in [4.69, 9.17) is 5.73 Å². The number of rotatable bonds is 2. The average molecular weight is 406 g/mol. The van der Waals surface area contributed by atoms with Gasteiger partial charge >= 0.3 is 0 Å². The third kappa shape index (κ3) is 4.53. The second kappa shape index (κ2) is 7.53. The Morgan fingerprint density at radius 3 is 2.16 bits per heavy atom. The minimum Gasteiger partial charge on any atom is -0.369 e. The van der Waals surface area contributed by atoms with E-state index < -0.39 is 0 Å². The fourth-order valence-corrected chi connectivity index (χ4v) is 2.16. The predicted octanol–water partition coefficient (Wildman–Crippen LogP) is 4.69. The molecule has 3 nitrogen and oxygen atoms in total. The lowest BCUT2D eigenvalue weighted by molar-refractivity contribution is 1.42. The highest BCUT2D eigenvalue weighted by Crippen LogP contribution is 2.25. The van der Waals surface area contributed by atoms with Gasteiger partial charge in [0.1, 0.15) is 0 Å². The van der Waals surface area contributed by atoms with Crippen LogP contribution in [0.25, 0.3) is 0 Å². The lowest BCUT2D eigenvalue weighted by atomic mass is 10.3. The molecule has 0 amide bonds. The summed E-state index contributed by atoms with van der Waals surface area (Å²) < 4.78 is 1.84. The number of nitrogens with two attached hydrogens (primary N) is 1. The zero-order valence-corrected chi connectivity index (χ0v) is 13.8. The fraction of sp³-hybridized carbons (Fsp3) is 0. The second-order valence-corrected chi connectivity index (χ2v) is 5.26. The molecule has 0 radical (unpaired) electrons. The standard InChI is InChI=1S/C13H11Br2N3.ClH/c14-9-5-1-3-7-11(9)17-13(16)18-12-8-4-2-6-10(12)15;/h1-8H,(H3,16,17,18);1H. The van der Waals surface area contributed by atoms with Gasteiger partial charge in [0, 0.05) is 8.95 Å². The number of nitrogens with one attached hydrogen (secondary N) is 1. The van der Waals surface area contributed by atoms with Gasteiger partial charge in [0.15, 0.2) is 5.96 Å². The molecule has 0 saturated carbocycles. The van der Waals surface area contributed by atoms with Crippen LogP contribution in [0.1, 0.15) is 0 Å². The molecule has 0 unspecified atom stereocenters. The minimum absolute atomic E-state index is 0. The van der Waals surface area contributed by atoms with Crippen LogP contribution in [0.2, 0.25) is 0 Å². The van der Waals surface area contributed by atoms with Gasteiger partial charge in [-0.05, 0) is 56.1 Å². The summed E-state index contributed by atoms with van der Waals surface area (Å²) in [5.41, 5.74) is 7.54. The third-order valence-electron chi connectivity index (χ3n) is 2.23. The summed E-state index contributed by atoms with van der Waals surface area (Å²) in [6.45, 7) is 0. The van der Waals surface area contributed by atoms with E-state index in [2.05, 4.69) is 42.2 Å². The van der Waals surface area contributed by atoms with E-state index in [0.29, 0.717) is 5.96 Å². The summed E-state index contributed by atoms with van der Waals surface area (Å²) in [7, 11) is 0. The molecule has 0 saturated heterocycles. The first-order chi connectivity index (χ1) is 8.66. The number of nitrogens with zero attached hydrogens (tertiary/aromatic N) is 1. The van der Waals surface area contributed by atoms with E-state index in [-0.39, 0.29) is 12.4 Å². The molecular weight excluding hydrogens is 393 g/mol. The summed E-state index contributed by atoms with van der Waals surface area (Å²) in [5.74, 6) is 0.341. The van der Waals surface area contributed by atoms with Gasteiger partial charge in [0.25, 0.3) is 0 Å². The predicted molar refractivity (Wildman–Crippen MR) is 90.4 cm³/mol. The van der Waals surface area contributed by atoms with E-state index in [1.54, 1.807) is 0 Å². The quantitative estimate of drug-likeness (QED) is 0.562. The monoisotopic (exact) mass is 403 g/mol. The van der Waals surface area contributed by atoms with E-state index >= 15 is 0 Å². The van der Waals surface area contributed by atoms with Crippen molar-refractivity contribution in [3.8, 4) is 0 Å². The lowest BCUT2D eigenvalue weighted by Crippen LogP contribution is -2.22. The van der Waals surface area contributed by atoms with Crippen LogP contribution >= 0.6 is 44.3 Å². The van der Waals surface area contributed by atoms with Gasteiger partial charge in [0.2, 0.25) is 0 Å². The van der Waals surface area contributed by atoms with Crippen molar-refractivity contribution in [2.24, 2.45) is 10.7 Å². The molecule has 2 rings (SSSR count). The summed E-state index contributed by atoms with van der Waals surface area (Å²) in [6.07, 6.45) is 0. The van der Waals surface area contributed by atoms with E-state index in [1.165, 1.54) is 0 Å². The van der Waals surface area contributed by atoms with Gasteiger partial charge in [-0.15, -0.1) is 12.4 Å². The molecule has 0 aliphatic carbocycles. The maximum absolute atomic E-state index is 5.87. The Labute approximate surface area is 135 Å². The Morgan fingerprint density at radius 1 is 0.947 bits per heavy atom. The maximum atomic E-state index is 5.87. The lowest BCUT2D eigenvalue weighted by Gasteiger charge is -2.07. The Morgan fingerprint density at radius 2 is 1.53 bits per heavy atom. The maximum Gasteiger partial charge on any atom is 0.198 e. The van der Waals surface area contributed by atoms with Crippen molar-refractivity contribution < 1.29 is 0 Å². The van der Waals surface area contributed by atoms with Crippen LogP contribution in [0.4, 0.5) is 11.4 Å². The molecule has 2 aromatic carbocycles. The van der Waals surface area contributed by atoms with Gasteiger partial charge < -0.3 is 11.1 Å². The van der Waals surface area contributed by atoms with Crippen molar-refractivity contribution in [1.29, 1.82) is 0 Å². The highest BCUT2D eigenvalue weighted by atomic mass is 79.9. The van der Waals surface area contributed by atoms with Gasteiger partial charge in [0.05, 0.1) is 11.4 Å². The zero-order chi connectivity index (χ0) is 13.0. The highest BCUT2D eigenvalue weighted by molar-refractivity contribution is 9.11. The zero-order valence-electron chi connectivity index (χ0n) is 9.81. The second-order valence-electron chi connectivity index (χ2n) is 3.55. The van der Waals surface area contributed by atoms with Gasteiger partial charge in [-0.1, -0.05) is 24.3 Å². The first-order valence-electron chi connectivity index (χ1n) is 5.27. The van der Waals surface area contributed by atoms with Crippen LogP contribution in [0, 0.1) is 0 Å². The molecule has 0 aromatic heterocycles. The van der Waals surface area contributed by atoms with Gasteiger partial charge in [-0.3, -0.25) is 0 Å². The number of guanidine groups is 1. The van der Waals surface area contributed by atoms with Crippen LogP contribution in [0.15, 0.2) is 62.5 Å². The van der Waals surface area contributed by atoms with E-state index in [1.807, 2.05) is 48.5 Å². The fourth-order valence-electron chi connectivity index (χ4n) is 1.40. The SMILES string of the molecule is Cl.NC(=Nc1ccccc1Br)Nc1ccccc1Br. The summed E-state index contributed by atoms with van der Waals surface area (Å²) in [5, 5.41) is 3.05. The number of hydrogen-bond acceptors (Lipinski definition) is 1. The smallest absolute Gasteiger partial charge is 0.198 e. The molecule has 0 spiro atoms. The molecule has 2 aromatic rings. The first-order valence-corrected chi connectivity index (χ1v) is 6.85. The Bertz CT molecular complexity index is 588. The number of benzene rings is 2. The number of hydrogen-bond donors (Lipinski definition) is 2. The summed E-state index contributed by atoms with van der Waals surface area (Å²) in [6, 6.07) is 15.4. The highest BCUT2D eigenvalue weighted by Gasteiger charge is 2.01. The summed E-state index contributed by atoms with van der Waals surface area (Å²) in [4.78, 5) is 4.31. The van der Waals surface area contributed by atoms with Crippen LogP contribution in [0.3, 0.4) is 0 Å². The van der Waals surface area contributed by atoms with Crippen LogP contribution in [-0.2, 0) is 0 Å². The Hall–Kier alpha value is -1.04. The van der Waals surface area contributed by atoms with E-state index in [9.17, 15) is 0 Å². The van der Waals surface area contributed by atoms with Crippen molar-refractivity contribution in [3.63, 3.8) is 0 Å². The number of halogens is 3. The molecule has 0 bridgehead atoms. The van der Waals surface area contributed by atoms with Gasteiger partial charge in [-0.2, -0.15) is 0 Å². The van der Waals surface area contributed by atoms with Crippen LogP contribution in [0.5, 0.6) is 0 Å². The first kappa shape index (κ1) is 16.0. The molecule has 0 atom stereocenters. The number of anilines is 1. The van der Waals surface area contributed by atoms with Crippen LogP contribution < -0.4 is 11.1 Å². The van der Waals surface area contributed by atoms with Crippen molar-refractivity contribution in [2.45, 2.75) is 0 Å².